The van der Waals surface area contributed by atoms with Crippen molar-refractivity contribution in [2.45, 2.75) is 15.5 Å². The van der Waals surface area contributed by atoms with Crippen LogP contribution in [0.1, 0.15) is 5.56 Å². The van der Waals surface area contributed by atoms with Gasteiger partial charge in [-0.05, 0) is 29.8 Å². The molecule has 2 rings (SSSR count). The maximum atomic E-state index is 11.7. The van der Waals surface area contributed by atoms with Crippen molar-refractivity contribution >= 4 is 33.2 Å². The van der Waals surface area contributed by atoms with Crippen LogP contribution in [0.25, 0.3) is 0 Å². The molecule has 0 unspecified atom stereocenters. The Morgan fingerprint density at radius 1 is 1.05 bits per heavy atom. The third-order valence-electron chi connectivity index (χ3n) is 2.56. The van der Waals surface area contributed by atoms with Crippen LogP contribution >= 0.6 is 23.4 Å². The van der Waals surface area contributed by atoms with E-state index < -0.39 is 9.84 Å². The van der Waals surface area contributed by atoms with Gasteiger partial charge in [-0.15, -0.1) is 11.8 Å². The van der Waals surface area contributed by atoms with Gasteiger partial charge in [-0.1, -0.05) is 35.9 Å². The number of thioether (sulfide) groups is 1. The lowest BCUT2D eigenvalue weighted by Crippen LogP contribution is -1.99. The minimum absolute atomic E-state index is 0.383. The largest absolute Gasteiger partial charge is 0.224 e. The molecule has 0 amide bonds. The summed E-state index contributed by atoms with van der Waals surface area (Å²) in [5.74, 6) is 0.712. The summed E-state index contributed by atoms with van der Waals surface area (Å²) in [6, 6.07) is 14.6. The Balaban J connectivity index is 2.18. The zero-order valence-corrected chi connectivity index (χ0v) is 12.7. The number of halogens is 1. The molecular weight excluding hydrogens is 300 g/mol. The second-order valence-corrected chi connectivity index (χ2v) is 7.57. The molecule has 2 nitrogen and oxygen atoms in total. The highest BCUT2D eigenvalue weighted by Crippen LogP contribution is 2.29. The molecule has 5 heteroatoms. The molecule has 2 aromatic rings. The van der Waals surface area contributed by atoms with Crippen molar-refractivity contribution in [3.8, 4) is 0 Å². The fourth-order valence-electron chi connectivity index (χ4n) is 1.62. The summed E-state index contributed by atoms with van der Waals surface area (Å²) in [6.45, 7) is 0. The van der Waals surface area contributed by atoms with Crippen molar-refractivity contribution in [3.05, 3.63) is 59.1 Å². The Kier molecular flexibility index (Phi) is 4.55. The fraction of sp³-hybridized carbons (Fsp3) is 0.143. The highest BCUT2D eigenvalue weighted by Gasteiger charge is 2.12. The van der Waals surface area contributed by atoms with Crippen molar-refractivity contribution in [1.82, 2.24) is 0 Å². The molecule has 2 aromatic carbocycles. The van der Waals surface area contributed by atoms with E-state index in [0.29, 0.717) is 15.7 Å². The number of benzene rings is 2. The maximum absolute atomic E-state index is 11.7. The average molecular weight is 313 g/mol. The normalized spacial score (nSPS) is 11.5. The Bertz CT molecular complexity index is 664. The minimum atomic E-state index is -3.19. The molecule has 0 fully saturated rings. The predicted octanol–water partition coefficient (Wildman–Crippen LogP) is 4.04. The van der Waals surface area contributed by atoms with E-state index >= 15 is 0 Å². The van der Waals surface area contributed by atoms with Gasteiger partial charge in [0.2, 0.25) is 0 Å². The van der Waals surface area contributed by atoms with Gasteiger partial charge >= 0.3 is 0 Å². The number of rotatable bonds is 4. The molecule has 0 saturated carbocycles. The third-order valence-corrected chi connectivity index (χ3v) is 5.24. The second-order valence-electron chi connectivity index (χ2n) is 4.13. The van der Waals surface area contributed by atoms with Gasteiger partial charge in [0.15, 0.2) is 9.84 Å². The average Bonchev–Trinajstić information content (AvgIpc) is 2.37. The lowest BCUT2D eigenvalue weighted by Gasteiger charge is -2.07. The number of hydrogen-bond donors (Lipinski definition) is 0. The summed E-state index contributed by atoms with van der Waals surface area (Å²) in [7, 11) is -3.19. The first-order valence-corrected chi connectivity index (χ1v) is 8.88. The molecule has 100 valence electrons. The Labute approximate surface area is 122 Å². The minimum Gasteiger partial charge on any atom is -0.224 e. The van der Waals surface area contributed by atoms with Crippen LogP contribution < -0.4 is 0 Å². The summed E-state index contributed by atoms with van der Waals surface area (Å²) in [6.07, 6.45) is 1.23. The molecule has 0 aliphatic rings. The molecule has 0 atom stereocenters. The zero-order chi connectivity index (χ0) is 13.9. The van der Waals surface area contributed by atoms with Crippen LogP contribution in [-0.2, 0) is 15.6 Å². The van der Waals surface area contributed by atoms with Crippen molar-refractivity contribution in [1.29, 1.82) is 0 Å². The smallest absolute Gasteiger partial charge is 0.176 e. The molecule has 0 aliphatic heterocycles. The molecule has 0 spiro atoms. The van der Waals surface area contributed by atoms with Crippen LogP contribution in [0, 0.1) is 0 Å². The second kappa shape index (κ2) is 5.99. The molecule has 0 radical (unpaired) electrons. The van der Waals surface area contributed by atoms with E-state index in [4.69, 9.17) is 11.6 Å². The van der Waals surface area contributed by atoms with E-state index in [1.165, 1.54) is 18.0 Å². The Morgan fingerprint density at radius 3 is 2.32 bits per heavy atom. The van der Waals surface area contributed by atoms with Gasteiger partial charge in [-0.2, -0.15) is 0 Å². The van der Waals surface area contributed by atoms with Gasteiger partial charge in [-0.25, -0.2) is 8.42 Å². The van der Waals surface area contributed by atoms with Crippen molar-refractivity contribution in [2.24, 2.45) is 0 Å². The van der Waals surface area contributed by atoms with E-state index in [2.05, 4.69) is 0 Å². The summed E-state index contributed by atoms with van der Waals surface area (Å²) < 4.78 is 23.4. The lowest BCUT2D eigenvalue weighted by atomic mass is 10.2. The molecule has 19 heavy (non-hydrogen) atoms. The van der Waals surface area contributed by atoms with Crippen LogP contribution in [0.4, 0.5) is 0 Å². The van der Waals surface area contributed by atoms with Gasteiger partial charge in [-0.3, -0.25) is 0 Å². The van der Waals surface area contributed by atoms with Gasteiger partial charge in [0.25, 0.3) is 0 Å². The predicted molar refractivity (Wildman–Crippen MR) is 80.6 cm³/mol. The molecule has 0 N–H and O–H groups in total. The quantitative estimate of drug-likeness (QED) is 0.799. The van der Waals surface area contributed by atoms with Crippen LogP contribution in [-0.4, -0.2) is 14.7 Å². The Hall–Kier alpha value is -0.970. The Morgan fingerprint density at radius 2 is 1.68 bits per heavy atom. The van der Waals surface area contributed by atoms with Crippen molar-refractivity contribution in [2.75, 3.05) is 6.26 Å². The third kappa shape index (κ3) is 4.00. The van der Waals surface area contributed by atoms with Crippen LogP contribution in [0.15, 0.2) is 58.3 Å². The molecule has 0 saturated heterocycles. The first-order chi connectivity index (χ1) is 8.97. The standard InChI is InChI=1S/C14H13ClO2S2/c1-19(16,17)14-5-3-2-4-13(14)18-10-11-6-8-12(15)9-7-11/h2-9H,10H2,1H3. The summed E-state index contributed by atoms with van der Waals surface area (Å²) >= 11 is 7.34. The van der Waals surface area contributed by atoms with E-state index in [-0.39, 0.29) is 0 Å². The number of hydrogen-bond acceptors (Lipinski definition) is 3. The molecule has 0 heterocycles. The van der Waals surface area contributed by atoms with E-state index in [9.17, 15) is 8.42 Å². The molecule has 0 aromatic heterocycles. The van der Waals surface area contributed by atoms with Crippen LogP contribution in [0.2, 0.25) is 5.02 Å². The first-order valence-electron chi connectivity index (χ1n) is 5.63. The number of sulfone groups is 1. The monoisotopic (exact) mass is 312 g/mol. The van der Waals surface area contributed by atoms with Crippen molar-refractivity contribution in [3.63, 3.8) is 0 Å². The molecular formula is C14H13ClO2S2. The maximum Gasteiger partial charge on any atom is 0.176 e. The summed E-state index contributed by atoms with van der Waals surface area (Å²) in [5, 5.41) is 0.699. The van der Waals surface area contributed by atoms with Gasteiger partial charge < -0.3 is 0 Å². The topological polar surface area (TPSA) is 34.1 Å². The van der Waals surface area contributed by atoms with Crippen LogP contribution in [0.5, 0.6) is 0 Å². The van der Waals surface area contributed by atoms with Gasteiger partial charge in [0, 0.05) is 21.9 Å². The van der Waals surface area contributed by atoms with Gasteiger partial charge in [0.1, 0.15) is 0 Å². The van der Waals surface area contributed by atoms with E-state index in [1.54, 1.807) is 12.1 Å². The lowest BCUT2D eigenvalue weighted by molar-refractivity contribution is 0.600. The van der Waals surface area contributed by atoms with Crippen LogP contribution in [0.3, 0.4) is 0 Å². The van der Waals surface area contributed by atoms with E-state index in [0.717, 1.165) is 10.5 Å². The van der Waals surface area contributed by atoms with E-state index in [1.807, 2.05) is 36.4 Å². The van der Waals surface area contributed by atoms with Crippen molar-refractivity contribution < 1.29 is 8.42 Å². The summed E-state index contributed by atoms with van der Waals surface area (Å²) in [5.41, 5.74) is 1.11. The highest BCUT2D eigenvalue weighted by atomic mass is 35.5. The SMILES string of the molecule is CS(=O)(=O)c1ccccc1SCc1ccc(Cl)cc1. The highest BCUT2D eigenvalue weighted by molar-refractivity contribution is 7.99. The first kappa shape index (κ1) is 14.4. The molecule has 0 bridgehead atoms. The molecule has 0 aliphatic carbocycles. The van der Waals surface area contributed by atoms with Gasteiger partial charge in [0.05, 0.1) is 4.90 Å². The summed E-state index contributed by atoms with van der Waals surface area (Å²) in [4.78, 5) is 1.16. The fourth-order valence-corrected chi connectivity index (χ4v) is 4.03. The zero-order valence-electron chi connectivity index (χ0n) is 10.3.